The van der Waals surface area contributed by atoms with E-state index in [0.717, 1.165) is 40.5 Å². The maximum atomic E-state index is 12.7. The van der Waals surface area contributed by atoms with Crippen LogP contribution in [0.2, 0.25) is 0 Å². The van der Waals surface area contributed by atoms with Crippen molar-refractivity contribution in [3.63, 3.8) is 0 Å². The highest BCUT2D eigenvalue weighted by Crippen LogP contribution is 2.19. The van der Waals surface area contributed by atoms with Crippen molar-refractivity contribution in [3.8, 4) is 5.75 Å². The summed E-state index contributed by atoms with van der Waals surface area (Å²) >= 11 is 0. The van der Waals surface area contributed by atoms with Crippen LogP contribution in [0.15, 0.2) is 83.7 Å². The van der Waals surface area contributed by atoms with E-state index in [1.54, 1.807) is 0 Å². The van der Waals surface area contributed by atoms with Crippen LogP contribution >= 0.6 is 0 Å². The van der Waals surface area contributed by atoms with Crippen molar-refractivity contribution < 1.29 is 4.74 Å². The van der Waals surface area contributed by atoms with Crippen LogP contribution in [-0.4, -0.2) is 11.2 Å². The molecule has 1 heterocycles. The fourth-order valence-corrected chi connectivity index (χ4v) is 3.25. The molecule has 3 aromatic carbocycles. The molecular weight excluding hydrogens is 310 g/mol. The zero-order valence-corrected chi connectivity index (χ0v) is 13.9. The summed E-state index contributed by atoms with van der Waals surface area (Å²) in [7, 11) is 0. The fraction of sp³-hybridized carbons (Fsp3) is 0.136. The van der Waals surface area contributed by atoms with Crippen LogP contribution in [0, 0.1) is 0 Å². The average molecular weight is 329 g/mol. The van der Waals surface area contributed by atoms with Crippen LogP contribution in [0.5, 0.6) is 5.75 Å². The first kappa shape index (κ1) is 15.5. The van der Waals surface area contributed by atoms with Gasteiger partial charge in [-0.05, 0) is 42.8 Å². The molecule has 0 amide bonds. The van der Waals surface area contributed by atoms with Crippen molar-refractivity contribution >= 4 is 21.8 Å². The zero-order chi connectivity index (χ0) is 17.1. The van der Waals surface area contributed by atoms with Crippen LogP contribution in [0.1, 0.15) is 6.42 Å². The molecule has 0 spiro atoms. The SMILES string of the molecule is O=c1c2ccccc2n(CCCOc2ccccc2)c2ccccc12. The number of hydrogen-bond acceptors (Lipinski definition) is 2. The molecule has 3 nitrogen and oxygen atoms in total. The van der Waals surface area contributed by atoms with Gasteiger partial charge in [0.15, 0.2) is 5.43 Å². The van der Waals surface area contributed by atoms with E-state index in [0.29, 0.717) is 6.61 Å². The fourth-order valence-electron chi connectivity index (χ4n) is 3.25. The number of fused-ring (bicyclic) bond motifs is 2. The molecule has 0 fully saturated rings. The van der Waals surface area contributed by atoms with E-state index in [1.807, 2.05) is 78.9 Å². The average Bonchev–Trinajstić information content (AvgIpc) is 2.68. The van der Waals surface area contributed by atoms with Crippen molar-refractivity contribution in [1.29, 1.82) is 0 Å². The van der Waals surface area contributed by atoms with E-state index in [1.165, 1.54) is 0 Å². The number of pyridine rings is 1. The molecule has 1 aromatic heterocycles. The van der Waals surface area contributed by atoms with Crippen LogP contribution in [0.3, 0.4) is 0 Å². The Balaban J connectivity index is 1.65. The molecule has 0 unspecified atom stereocenters. The van der Waals surface area contributed by atoms with Crippen molar-refractivity contribution in [3.05, 3.63) is 89.1 Å². The largest absolute Gasteiger partial charge is 0.494 e. The Hall–Kier alpha value is -3.07. The summed E-state index contributed by atoms with van der Waals surface area (Å²) in [5, 5.41) is 1.54. The van der Waals surface area contributed by atoms with E-state index in [4.69, 9.17) is 4.74 Å². The summed E-state index contributed by atoms with van der Waals surface area (Å²) in [5.74, 6) is 0.886. The third-order valence-electron chi connectivity index (χ3n) is 4.42. The van der Waals surface area contributed by atoms with Crippen LogP contribution < -0.4 is 10.2 Å². The van der Waals surface area contributed by atoms with Gasteiger partial charge >= 0.3 is 0 Å². The van der Waals surface area contributed by atoms with E-state index < -0.39 is 0 Å². The molecule has 0 bridgehead atoms. The molecule has 4 aromatic rings. The van der Waals surface area contributed by atoms with Crippen molar-refractivity contribution in [2.24, 2.45) is 0 Å². The number of aryl methyl sites for hydroxylation is 1. The summed E-state index contributed by atoms with van der Waals surface area (Å²) < 4.78 is 8.02. The van der Waals surface area contributed by atoms with E-state index in [2.05, 4.69) is 4.57 Å². The lowest BCUT2D eigenvalue weighted by molar-refractivity contribution is 0.303. The Morgan fingerprint density at radius 1 is 0.720 bits per heavy atom. The van der Waals surface area contributed by atoms with Gasteiger partial charge in [-0.15, -0.1) is 0 Å². The Kier molecular flexibility index (Phi) is 4.21. The maximum Gasteiger partial charge on any atom is 0.197 e. The first-order chi connectivity index (χ1) is 12.3. The second kappa shape index (κ2) is 6.81. The van der Waals surface area contributed by atoms with Gasteiger partial charge in [0.05, 0.1) is 17.6 Å². The molecule has 25 heavy (non-hydrogen) atoms. The Morgan fingerprint density at radius 3 is 1.92 bits per heavy atom. The number of para-hydroxylation sites is 3. The number of nitrogens with zero attached hydrogens (tertiary/aromatic N) is 1. The van der Waals surface area contributed by atoms with Gasteiger partial charge in [0.1, 0.15) is 5.75 Å². The number of aromatic nitrogens is 1. The Bertz CT molecular complexity index is 1010. The summed E-state index contributed by atoms with van der Waals surface area (Å²) in [6, 6.07) is 25.5. The maximum absolute atomic E-state index is 12.7. The topological polar surface area (TPSA) is 31.2 Å². The van der Waals surface area contributed by atoms with Gasteiger partial charge in [-0.1, -0.05) is 42.5 Å². The quantitative estimate of drug-likeness (QED) is 0.395. The smallest absolute Gasteiger partial charge is 0.197 e. The lowest BCUT2D eigenvalue weighted by atomic mass is 10.1. The van der Waals surface area contributed by atoms with Gasteiger partial charge in [-0.3, -0.25) is 4.79 Å². The molecule has 0 saturated carbocycles. The van der Waals surface area contributed by atoms with Gasteiger partial charge < -0.3 is 9.30 Å². The Labute approximate surface area is 146 Å². The zero-order valence-electron chi connectivity index (χ0n) is 13.9. The summed E-state index contributed by atoms with van der Waals surface area (Å²) in [4.78, 5) is 12.7. The summed E-state index contributed by atoms with van der Waals surface area (Å²) in [5.41, 5.74) is 2.06. The molecule has 0 atom stereocenters. The molecule has 0 aliphatic carbocycles. The molecule has 0 radical (unpaired) electrons. The first-order valence-electron chi connectivity index (χ1n) is 8.53. The third-order valence-corrected chi connectivity index (χ3v) is 4.42. The van der Waals surface area contributed by atoms with Gasteiger partial charge in [0, 0.05) is 17.3 Å². The monoisotopic (exact) mass is 329 g/mol. The van der Waals surface area contributed by atoms with E-state index in [9.17, 15) is 4.79 Å². The van der Waals surface area contributed by atoms with Gasteiger partial charge in [-0.25, -0.2) is 0 Å². The lowest BCUT2D eigenvalue weighted by Gasteiger charge is -2.15. The number of benzene rings is 3. The highest BCUT2D eigenvalue weighted by Gasteiger charge is 2.09. The summed E-state index contributed by atoms with van der Waals surface area (Å²) in [6.45, 7) is 1.44. The first-order valence-corrected chi connectivity index (χ1v) is 8.53. The normalized spacial score (nSPS) is 11.0. The minimum absolute atomic E-state index is 0.1000. The van der Waals surface area contributed by atoms with Gasteiger partial charge in [0.2, 0.25) is 0 Å². The van der Waals surface area contributed by atoms with Crippen LogP contribution in [-0.2, 0) is 6.54 Å². The lowest BCUT2D eigenvalue weighted by Crippen LogP contribution is -2.13. The predicted molar refractivity (Wildman–Crippen MR) is 102 cm³/mol. The van der Waals surface area contributed by atoms with E-state index in [-0.39, 0.29) is 5.43 Å². The third kappa shape index (κ3) is 3.01. The molecule has 3 heteroatoms. The predicted octanol–water partition coefficient (Wildman–Crippen LogP) is 4.62. The molecule has 0 aliphatic heterocycles. The molecule has 0 saturated heterocycles. The van der Waals surface area contributed by atoms with Gasteiger partial charge in [-0.2, -0.15) is 0 Å². The number of hydrogen-bond donors (Lipinski definition) is 0. The van der Waals surface area contributed by atoms with Crippen molar-refractivity contribution in [2.75, 3.05) is 6.61 Å². The molecule has 4 rings (SSSR count). The second-order valence-corrected chi connectivity index (χ2v) is 6.03. The number of ether oxygens (including phenoxy) is 1. The summed E-state index contributed by atoms with van der Waals surface area (Å²) in [6.07, 6.45) is 0.867. The highest BCUT2D eigenvalue weighted by molar-refractivity contribution is 5.93. The number of rotatable bonds is 5. The minimum atomic E-state index is 0.1000. The molecule has 124 valence electrons. The molecule has 0 N–H and O–H groups in total. The van der Waals surface area contributed by atoms with Crippen LogP contribution in [0.25, 0.3) is 21.8 Å². The van der Waals surface area contributed by atoms with Crippen LogP contribution in [0.4, 0.5) is 0 Å². The van der Waals surface area contributed by atoms with Gasteiger partial charge in [0.25, 0.3) is 0 Å². The van der Waals surface area contributed by atoms with Crippen molar-refractivity contribution in [2.45, 2.75) is 13.0 Å². The van der Waals surface area contributed by atoms with Crippen molar-refractivity contribution in [1.82, 2.24) is 4.57 Å². The Morgan fingerprint density at radius 2 is 1.28 bits per heavy atom. The van der Waals surface area contributed by atoms with E-state index >= 15 is 0 Å². The minimum Gasteiger partial charge on any atom is -0.494 e. The standard InChI is InChI=1S/C22H19NO2/c24-22-18-11-4-6-13-20(18)23(21-14-7-5-12-19(21)22)15-8-16-25-17-9-2-1-3-10-17/h1-7,9-14H,8,15-16H2. The highest BCUT2D eigenvalue weighted by atomic mass is 16.5. The second-order valence-electron chi connectivity index (χ2n) is 6.03. The molecule has 0 aliphatic rings. The molecular formula is C22H19NO2.